The van der Waals surface area contributed by atoms with Crippen molar-refractivity contribution >= 4 is 0 Å². The van der Waals surface area contributed by atoms with Gasteiger partial charge in [-0.05, 0) is 25.5 Å². The summed E-state index contributed by atoms with van der Waals surface area (Å²) in [5, 5.41) is 0. The summed E-state index contributed by atoms with van der Waals surface area (Å²) in [6.07, 6.45) is 1.97. The van der Waals surface area contributed by atoms with E-state index in [1.165, 1.54) is 22.5 Å². The van der Waals surface area contributed by atoms with Crippen molar-refractivity contribution in [2.75, 3.05) is 13.2 Å². The van der Waals surface area contributed by atoms with E-state index in [4.69, 9.17) is 10.5 Å². The number of nitrogens with two attached hydrogens (primary N) is 1. The zero-order chi connectivity index (χ0) is 9.26. The van der Waals surface area contributed by atoms with Gasteiger partial charge in [-0.25, -0.2) is 0 Å². The molecule has 0 radical (unpaired) electrons. The average Bonchev–Trinajstić information content (AvgIpc) is 2.44. The molecule has 3 heteroatoms. The molecule has 0 saturated carbocycles. The van der Waals surface area contributed by atoms with Crippen molar-refractivity contribution in [2.45, 2.75) is 26.4 Å². The lowest BCUT2D eigenvalue weighted by molar-refractivity contribution is 0.109. The van der Waals surface area contributed by atoms with E-state index in [9.17, 15) is 0 Å². The fourth-order valence-corrected chi connectivity index (χ4v) is 2.00. The largest absolute Gasteiger partial charge is 0.376 e. The Morgan fingerprint density at radius 2 is 2.38 bits per heavy atom. The molecular formula is C10H16N2O. The second-order valence-electron chi connectivity index (χ2n) is 3.53. The summed E-state index contributed by atoms with van der Waals surface area (Å²) in [5.41, 5.74) is 10.9. The van der Waals surface area contributed by atoms with Crippen molar-refractivity contribution in [3.05, 3.63) is 22.5 Å². The smallest absolute Gasteiger partial charge is 0.0737 e. The van der Waals surface area contributed by atoms with Gasteiger partial charge in [-0.1, -0.05) is 0 Å². The summed E-state index contributed by atoms with van der Waals surface area (Å²) in [6.45, 7) is 4.43. The molecule has 72 valence electrons. The summed E-state index contributed by atoms with van der Waals surface area (Å²) in [6, 6.07) is 0. The van der Waals surface area contributed by atoms with Crippen molar-refractivity contribution in [3.63, 3.8) is 0 Å². The number of ether oxygens (including phenoxy) is 1. The molecule has 0 fully saturated rings. The number of fused-ring (bicyclic) bond motifs is 1. The molecule has 0 atom stereocenters. The maximum atomic E-state index is 5.57. The first-order chi connectivity index (χ1) is 6.33. The minimum atomic E-state index is 0.713. The van der Waals surface area contributed by atoms with Crippen LogP contribution in [0.5, 0.6) is 0 Å². The van der Waals surface area contributed by atoms with Gasteiger partial charge < -0.3 is 15.5 Å². The van der Waals surface area contributed by atoms with E-state index < -0.39 is 0 Å². The summed E-state index contributed by atoms with van der Waals surface area (Å²) in [7, 11) is 0. The minimum Gasteiger partial charge on any atom is -0.376 e. The van der Waals surface area contributed by atoms with Crippen molar-refractivity contribution in [1.29, 1.82) is 0 Å². The molecule has 3 nitrogen and oxygen atoms in total. The van der Waals surface area contributed by atoms with Crippen LogP contribution in [0.25, 0.3) is 0 Å². The molecule has 0 bridgehead atoms. The highest BCUT2D eigenvalue weighted by Gasteiger charge is 2.17. The Morgan fingerprint density at radius 3 is 3.15 bits per heavy atom. The van der Waals surface area contributed by atoms with Crippen LogP contribution >= 0.6 is 0 Å². The molecule has 0 amide bonds. The van der Waals surface area contributed by atoms with Crippen molar-refractivity contribution in [2.24, 2.45) is 5.73 Å². The molecule has 0 aromatic carbocycles. The molecule has 2 rings (SSSR count). The quantitative estimate of drug-likeness (QED) is 0.710. The highest BCUT2D eigenvalue weighted by molar-refractivity contribution is 5.37. The Labute approximate surface area is 78.3 Å². The first-order valence-electron chi connectivity index (χ1n) is 4.80. The Kier molecular flexibility index (Phi) is 2.38. The third-order valence-electron chi connectivity index (χ3n) is 2.66. The average molecular weight is 180 g/mol. The summed E-state index contributed by atoms with van der Waals surface area (Å²) in [5.74, 6) is 0. The van der Waals surface area contributed by atoms with E-state index >= 15 is 0 Å². The van der Waals surface area contributed by atoms with Crippen LogP contribution in [0.15, 0.2) is 0 Å². The lowest BCUT2D eigenvalue weighted by Gasteiger charge is -2.13. The van der Waals surface area contributed by atoms with Gasteiger partial charge in [0.05, 0.1) is 13.2 Å². The Balaban J connectivity index is 2.36. The molecule has 0 aliphatic carbocycles. The second kappa shape index (κ2) is 3.52. The fourth-order valence-electron chi connectivity index (χ4n) is 2.00. The molecule has 1 aliphatic heterocycles. The fraction of sp³-hybridized carbons (Fsp3) is 0.600. The molecular weight excluding hydrogens is 164 g/mol. The van der Waals surface area contributed by atoms with Crippen molar-refractivity contribution in [1.82, 2.24) is 4.98 Å². The van der Waals surface area contributed by atoms with Crippen molar-refractivity contribution in [3.8, 4) is 0 Å². The lowest BCUT2D eigenvalue weighted by atomic mass is 10.0. The Hall–Kier alpha value is -0.800. The van der Waals surface area contributed by atoms with E-state index in [1.807, 2.05) is 0 Å². The number of hydrogen-bond acceptors (Lipinski definition) is 2. The molecule has 0 unspecified atom stereocenters. The predicted octanol–water partition coefficient (Wildman–Crippen LogP) is 0.897. The van der Waals surface area contributed by atoms with Gasteiger partial charge in [-0.15, -0.1) is 0 Å². The maximum Gasteiger partial charge on any atom is 0.0737 e. The van der Waals surface area contributed by atoms with E-state index in [2.05, 4.69) is 11.9 Å². The zero-order valence-electron chi connectivity index (χ0n) is 8.02. The lowest BCUT2D eigenvalue weighted by Crippen LogP contribution is -2.11. The van der Waals surface area contributed by atoms with Gasteiger partial charge >= 0.3 is 0 Å². The van der Waals surface area contributed by atoms with E-state index in [-0.39, 0.29) is 0 Å². The van der Waals surface area contributed by atoms with Crippen LogP contribution in [0.4, 0.5) is 0 Å². The van der Waals surface area contributed by atoms with Crippen LogP contribution in [0.1, 0.15) is 22.5 Å². The summed E-state index contributed by atoms with van der Waals surface area (Å²) >= 11 is 0. The topological polar surface area (TPSA) is 51.0 Å². The van der Waals surface area contributed by atoms with E-state index in [0.29, 0.717) is 6.54 Å². The number of hydrogen-bond donors (Lipinski definition) is 2. The third-order valence-corrected chi connectivity index (χ3v) is 2.66. The van der Waals surface area contributed by atoms with Crippen LogP contribution in [-0.2, 0) is 24.2 Å². The van der Waals surface area contributed by atoms with Crippen LogP contribution in [0.2, 0.25) is 0 Å². The molecule has 1 aromatic heterocycles. The Bertz CT molecular complexity index is 304. The van der Waals surface area contributed by atoms with Gasteiger partial charge in [0.15, 0.2) is 0 Å². The normalized spacial score (nSPS) is 15.8. The summed E-state index contributed by atoms with van der Waals surface area (Å²) in [4.78, 5) is 3.41. The molecule has 0 spiro atoms. The molecule has 2 heterocycles. The van der Waals surface area contributed by atoms with Crippen molar-refractivity contribution < 1.29 is 4.74 Å². The zero-order valence-corrected chi connectivity index (χ0v) is 8.02. The second-order valence-corrected chi connectivity index (χ2v) is 3.53. The van der Waals surface area contributed by atoms with Crippen LogP contribution in [0, 0.1) is 6.92 Å². The number of H-pyrrole nitrogens is 1. The minimum absolute atomic E-state index is 0.713. The first-order valence-corrected chi connectivity index (χ1v) is 4.80. The molecule has 13 heavy (non-hydrogen) atoms. The number of aromatic nitrogens is 1. The van der Waals surface area contributed by atoms with Gasteiger partial charge in [-0.2, -0.15) is 0 Å². The van der Waals surface area contributed by atoms with Crippen LogP contribution < -0.4 is 5.73 Å². The van der Waals surface area contributed by atoms with E-state index in [1.54, 1.807) is 0 Å². The van der Waals surface area contributed by atoms with Gasteiger partial charge in [-0.3, -0.25) is 0 Å². The number of aryl methyl sites for hydroxylation is 1. The van der Waals surface area contributed by atoms with Gasteiger partial charge in [0, 0.05) is 23.4 Å². The van der Waals surface area contributed by atoms with Crippen LogP contribution in [0.3, 0.4) is 0 Å². The highest BCUT2D eigenvalue weighted by Crippen LogP contribution is 2.23. The van der Waals surface area contributed by atoms with Gasteiger partial charge in [0.1, 0.15) is 0 Å². The highest BCUT2D eigenvalue weighted by atomic mass is 16.5. The SMILES string of the molecule is Cc1[nH]c2c(c1CCN)COCC2. The number of nitrogens with one attached hydrogen (secondary N) is 1. The number of rotatable bonds is 2. The Morgan fingerprint density at radius 1 is 1.54 bits per heavy atom. The number of aromatic amines is 1. The molecule has 1 aliphatic rings. The van der Waals surface area contributed by atoms with Gasteiger partial charge in [0.2, 0.25) is 0 Å². The monoisotopic (exact) mass is 180 g/mol. The predicted molar refractivity (Wildman–Crippen MR) is 51.6 cm³/mol. The molecule has 1 aromatic rings. The van der Waals surface area contributed by atoms with Crippen LogP contribution in [-0.4, -0.2) is 18.1 Å². The first kappa shape index (κ1) is 8.78. The van der Waals surface area contributed by atoms with E-state index in [0.717, 1.165) is 26.1 Å². The summed E-state index contributed by atoms with van der Waals surface area (Å²) < 4.78 is 5.44. The molecule has 0 saturated heterocycles. The molecule has 3 N–H and O–H groups in total. The van der Waals surface area contributed by atoms with Gasteiger partial charge in [0.25, 0.3) is 0 Å². The third kappa shape index (κ3) is 1.49. The maximum absolute atomic E-state index is 5.57. The standard InChI is InChI=1S/C10H16N2O/c1-7-8(2-4-11)9-6-13-5-3-10(9)12-7/h12H,2-6,11H2,1H3.